The molecule has 21 heavy (non-hydrogen) atoms. The van der Waals surface area contributed by atoms with Crippen molar-refractivity contribution >= 4 is 60.6 Å². The molecule has 5 nitrogen and oxygen atoms in total. The minimum absolute atomic E-state index is 0.0866. The van der Waals surface area contributed by atoms with Crippen molar-refractivity contribution in [1.82, 2.24) is 0 Å². The highest BCUT2D eigenvalue weighted by atomic mass is 79.9. The third-order valence-electron chi connectivity index (χ3n) is 2.31. The molecule has 0 aliphatic heterocycles. The Labute approximate surface area is 139 Å². The molecule has 0 bridgehead atoms. The van der Waals surface area contributed by atoms with Crippen molar-refractivity contribution in [1.29, 1.82) is 0 Å². The summed E-state index contributed by atoms with van der Waals surface area (Å²) in [6.07, 6.45) is 0. The van der Waals surface area contributed by atoms with E-state index in [2.05, 4.69) is 20.7 Å². The van der Waals surface area contributed by atoms with Crippen molar-refractivity contribution in [3.05, 3.63) is 40.2 Å². The van der Waals surface area contributed by atoms with Crippen LogP contribution in [0.1, 0.15) is 0 Å². The van der Waals surface area contributed by atoms with E-state index in [1.165, 1.54) is 17.8 Å². The zero-order valence-corrected chi connectivity index (χ0v) is 14.6. The average molecular weight is 407 g/mol. The standard InChI is InChI=1S/C12H11BrN2O3S3/c13-10-5-6-12(20-10)21(17,18)15-8-3-1-2-4-9(8)19-7-11(14)16/h1-6,15H,7H2,(H2,14,16). The summed E-state index contributed by atoms with van der Waals surface area (Å²) in [7, 11) is -3.64. The molecule has 1 amide bonds. The maximum Gasteiger partial charge on any atom is 0.271 e. The molecular formula is C12H11BrN2O3S3. The lowest BCUT2D eigenvalue weighted by atomic mass is 10.3. The van der Waals surface area contributed by atoms with Crippen molar-refractivity contribution in [2.75, 3.05) is 10.5 Å². The summed E-state index contributed by atoms with van der Waals surface area (Å²) in [6, 6.07) is 10.1. The Morgan fingerprint density at radius 2 is 2.00 bits per heavy atom. The normalized spacial score (nSPS) is 11.3. The molecular weight excluding hydrogens is 396 g/mol. The number of anilines is 1. The molecule has 3 N–H and O–H groups in total. The maximum atomic E-state index is 12.3. The van der Waals surface area contributed by atoms with Crippen LogP contribution in [-0.2, 0) is 14.8 Å². The van der Waals surface area contributed by atoms with Crippen LogP contribution in [0.4, 0.5) is 5.69 Å². The molecule has 1 aromatic heterocycles. The van der Waals surface area contributed by atoms with Gasteiger partial charge in [0.1, 0.15) is 4.21 Å². The van der Waals surface area contributed by atoms with Gasteiger partial charge in [0.2, 0.25) is 5.91 Å². The van der Waals surface area contributed by atoms with Gasteiger partial charge in [0, 0.05) is 4.90 Å². The molecule has 0 aliphatic rings. The Balaban J connectivity index is 2.25. The number of thiophene rings is 1. The molecule has 112 valence electrons. The molecule has 0 fully saturated rings. The fraction of sp³-hybridized carbons (Fsp3) is 0.0833. The number of sulfonamides is 1. The molecule has 0 spiro atoms. The van der Waals surface area contributed by atoms with Crippen LogP contribution in [0.3, 0.4) is 0 Å². The minimum Gasteiger partial charge on any atom is -0.369 e. The summed E-state index contributed by atoms with van der Waals surface area (Å²) < 4.78 is 28.0. The minimum atomic E-state index is -3.64. The van der Waals surface area contributed by atoms with Gasteiger partial charge in [-0.05, 0) is 40.2 Å². The molecule has 9 heteroatoms. The Kier molecular flexibility index (Phi) is 5.31. The Morgan fingerprint density at radius 1 is 1.29 bits per heavy atom. The molecule has 2 rings (SSSR count). The SMILES string of the molecule is NC(=O)CSc1ccccc1NS(=O)(=O)c1ccc(Br)s1. The van der Waals surface area contributed by atoms with Crippen LogP contribution in [0.2, 0.25) is 0 Å². The van der Waals surface area contributed by atoms with Gasteiger partial charge < -0.3 is 5.73 Å². The van der Waals surface area contributed by atoms with Crippen molar-refractivity contribution in [3.63, 3.8) is 0 Å². The Bertz CT molecular complexity index is 759. The van der Waals surface area contributed by atoms with Gasteiger partial charge in [0.05, 0.1) is 15.2 Å². The van der Waals surface area contributed by atoms with E-state index in [9.17, 15) is 13.2 Å². The lowest BCUT2D eigenvalue weighted by Gasteiger charge is -2.10. The van der Waals surface area contributed by atoms with Gasteiger partial charge in [-0.1, -0.05) is 12.1 Å². The van der Waals surface area contributed by atoms with Crippen LogP contribution in [0.5, 0.6) is 0 Å². The molecule has 0 atom stereocenters. The number of carbonyl (C=O) groups is 1. The van der Waals surface area contributed by atoms with E-state index in [1.54, 1.807) is 30.3 Å². The summed E-state index contributed by atoms with van der Waals surface area (Å²) in [5, 5.41) is 0. The van der Waals surface area contributed by atoms with Gasteiger partial charge in [-0.15, -0.1) is 23.1 Å². The summed E-state index contributed by atoms with van der Waals surface area (Å²) >= 11 is 5.55. The van der Waals surface area contributed by atoms with E-state index in [4.69, 9.17) is 5.73 Å². The molecule has 2 aromatic rings. The van der Waals surface area contributed by atoms with Crippen LogP contribution in [0, 0.1) is 0 Å². The lowest BCUT2D eigenvalue weighted by molar-refractivity contribution is -0.115. The fourth-order valence-corrected chi connectivity index (χ4v) is 5.36. The van der Waals surface area contributed by atoms with Gasteiger partial charge in [-0.2, -0.15) is 0 Å². The average Bonchev–Trinajstić information content (AvgIpc) is 2.85. The quantitative estimate of drug-likeness (QED) is 0.721. The first-order valence-electron chi connectivity index (χ1n) is 5.67. The highest BCUT2D eigenvalue weighted by Gasteiger charge is 2.18. The number of benzene rings is 1. The lowest BCUT2D eigenvalue weighted by Crippen LogP contribution is -2.14. The van der Waals surface area contributed by atoms with Crippen molar-refractivity contribution in [3.8, 4) is 0 Å². The summed E-state index contributed by atoms with van der Waals surface area (Å²) in [5.74, 6) is -0.372. The smallest absolute Gasteiger partial charge is 0.271 e. The number of para-hydroxylation sites is 1. The number of halogens is 1. The molecule has 0 saturated heterocycles. The number of carbonyl (C=O) groups excluding carboxylic acids is 1. The van der Waals surface area contributed by atoms with Gasteiger partial charge in [-0.3, -0.25) is 9.52 Å². The largest absolute Gasteiger partial charge is 0.369 e. The number of nitrogens with two attached hydrogens (primary N) is 1. The van der Waals surface area contributed by atoms with E-state index in [0.29, 0.717) is 10.6 Å². The molecule has 0 saturated carbocycles. The molecule has 1 heterocycles. The number of thioether (sulfide) groups is 1. The summed E-state index contributed by atoms with van der Waals surface area (Å²) in [4.78, 5) is 11.5. The van der Waals surface area contributed by atoms with Crippen LogP contribution in [0.25, 0.3) is 0 Å². The van der Waals surface area contributed by atoms with Crippen molar-refractivity contribution in [2.45, 2.75) is 9.10 Å². The zero-order chi connectivity index (χ0) is 15.5. The molecule has 0 radical (unpaired) electrons. The van der Waals surface area contributed by atoms with E-state index in [0.717, 1.165) is 15.1 Å². The maximum absolute atomic E-state index is 12.3. The Morgan fingerprint density at radius 3 is 2.62 bits per heavy atom. The van der Waals surface area contributed by atoms with E-state index in [-0.39, 0.29) is 9.96 Å². The number of amides is 1. The number of hydrogen-bond acceptors (Lipinski definition) is 5. The first-order valence-corrected chi connectivity index (χ1v) is 9.74. The van der Waals surface area contributed by atoms with Crippen LogP contribution >= 0.6 is 39.0 Å². The zero-order valence-electron chi connectivity index (χ0n) is 10.6. The third kappa shape index (κ3) is 4.47. The van der Waals surface area contributed by atoms with Gasteiger partial charge in [0.15, 0.2) is 0 Å². The second-order valence-electron chi connectivity index (χ2n) is 3.92. The number of rotatable bonds is 6. The third-order valence-corrected chi connectivity index (χ3v) is 6.89. The van der Waals surface area contributed by atoms with E-state index in [1.807, 2.05) is 0 Å². The van der Waals surface area contributed by atoms with Crippen LogP contribution in [-0.4, -0.2) is 20.1 Å². The highest BCUT2D eigenvalue weighted by molar-refractivity contribution is 9.11. The van der Waals surface area contributed by atoms with Gasteiger partial charge >= 0.3 is 0 Å². The predicted octanol–water partition coefficient (Wildman–Crippen LogP) is 2.89. The number of primary amides is 1. The van der Waals surface area contributed by atoms with E-state index >= 15 is 0 Å². The summed E-state index contributed by atoms with van der Waals surface area (Å²) in [6.45, 7) is 0. The highest BCUT2D eigenvalue weighted by Crippen LogP contribution is 2.31. The second-order valence-corrected chi connectivity index (χ2v) is 9.30. The van der Waals surface area contributed by atoms with Gasteiger partial charge in [0.25, 0.3) is 10.0 Å². The first kappa shape index (κ1) is 16.3. The molecule has 1 aromatic carbocycles. The van der Waals surface area contributed by atoms with Crippen molar-refractivity contribution in [2.24, 2.45) is 5.73 Å². The number of hydrogen-bond donors (Lipinski definition) is 2. The number of nitrogens with one attached hydrogen (secondary N) is 1. The van der Waals surface area contributed by atoms with Crippen LogP contribution < -0.4 is 10.5 Å². The van der Waals surface area contributed by atoms with Crippen molar-refractivity contribution < 1.29 is 13.2 Å². The fourth-order valence-electron chi connectivity index (χ4n) is 1.46. The second kappa shape index (κ2) is 6.82. The molecule has 0 unspecified atom stereocenters. The van der Waals surface area contributed by atoms with Crippen LogP contribution in [0.15, 0.2) is 49.3 Å². The predicted molar refractivity (Wildman–Crippen MR) is 89.2 cm³/mol. The Hall–Kier alpha value is -1.03. The topological polar surface area (TPSA) is 89.3 Å². The van der Waals surface area contributed by atoms with E-state index < -0.39 is 15.9 Å². The summed E-state index contributed by atoms with van der Waals surface area (Å²) in [5.41, 5.74) is 5.53. The first-order chi connectivity index (χ1) is 9.88. The van der Waals surface area contributed by atoms with Gasteiger partial charge in [-0.25, -0.2) is 8.42 Å². The molecule has 0 aliphatic carbocycles. The monoisotopic (exact) mass is 406 g/mol.